The fraction of sp³-hybridized carbons (Fsp3) is 0.600. The predicted octanol–water partition coefficient (Wildman–Crippen LogP) is 3.54. The number of likely N-dealkylation sites (N-methyl/N-ethyl adjacent to an activating group) is 1. The summed E-state index contributed by atoms with van der Waals surface area (Å²) in [6.45, 7) is 4.32. The molecule has 2 amide bonds. The first-order chi connectivity index (χ1) is 17.7. The Morgan fingerprint density at radius 3 is 2.51 bits per heavy atom. The van der Waals surface area contributed by atoms with E-state index in [4.69, 9.17) is 0 Å². The first kappa shape index (κ1) is 25.7. The van der Waals surface area contributed by atoms with Gasteiger partial charge in [-0.05, 0) is 92.6 Å². The van der Waals surface area contributed by atoms with E-state index in [0.717, 1.165) is 19.3 Å². The molecule has 5 rings (SSSR count). The lowest BCUT2D eigenvalue weighted by atomic mass is 9.69. The summed E-state index contributed by atoms with van der Waals surface area (Å²) < 4.78 is 0. The summed E-state index contributed by atoms with van der Waals surface area (Å²) >= 11 is 0. The molecule has 3 aliphatic carbocycles. The Morgan fingerprint density at radius 1 is 1.03 bits per heavy atom. The minimum atomic E-state index is -0.624. The van der Waals surface area contributed by atoms with Gasteiger partial charge in [-0.15, -0.1) is 0 Å². The van der Waals surface area contributed by atoms with Crippen LogP contribution in [-0.2, 0) is 19.2 Å². The van der Waals surface area contributed by atoms with E-state index in [-0.39, 0.29) is 52.5 Å². The van der Waals surface area contributed by atoms with Crippen molar-refractivity contribution in [1.29, 1.82) is 0 Å². The maximum Gasteiger partial charge on any atom is 0.261 e. The van der Waals surface area contributed by atoms with Gasteiger partial charge in [-0.3, -0.25) is 19.2 Å². The second-order valence-electron chi connectivity index (χ2n) is 11.8. The quantitative estimate of drug-likeness (QED) is 0.418. The Balaban J connectivity index is 1.48. The number of Topliss-reactive ketones (excluding diaryl/α,β-unsaturated/α-hetero) is 2. The molecule has 0 aromatic heterocycles. The number of nitrogens with one attached hydrogen (secondary N) is 1. The Morgan fingerprint density at radius 2 is 1.76 bits per heavy atom. The number of hydrogen-bond donors (Lipinski definition) is 2. The second-order valence-corrected chi connectivity index (χ2v) is 11.8. The number of rotatable bonds is 1. The highest BCUT2D eigenvalue weighted by atomic mass is 16.3. The molecule has 9 atom stereocenters. The van der Waals surface area contributed by atoms with E-state index < -0.39 is 11.9 Å². The van der Waals surface area contributed by atoms with E-state index in [0.29, 0.717) is 43.1 Å². The molecule has 7 nitrogen and oxygen atoms in total. The van der Waals surface area contributed by atoms with Crippen LogP contribution in [0.5, 0.6) is 0 Å². The molecular formula is C30H38N2O5. The van der Waals surface area contributed by atoms with Gasteiger partial charge in [0.05, 0.1) is 6.04 Å². The monoisotopic (exact) mass is 506 g/mol. The number of hydrogen-bond acceptors (Lipinski definition) is 5. The van der Waals surface area contributed by atoms with Crippen LogP contribution in [0.4, 0.5) is 0 Å². The van der Waals surface area contributed by atoms with Gasteiger partial charge in [0.2, 0.25) is 5.91 Å². The second kappa shape index (κ2) is 10.1. The molecule has 0 aromatic carbocycles. The summed E-state index contributed by atoms with van der Waals surface area (Å²) in [5.74, 6) is 1.30. The van der Waals surface area contributed by atoms with Crippen LogP contribution in [0.1, 0.15) is 46.0 Å². The van der Waals surface area contributed by atoms with Gasteiger partial charge < -0.3 is 15.3 Å². The molecule has 0 radical (unpaired) electrons. The molecular weight excluding hydrogens is 468 g/mol. The number of fused-ring (bicyclic) bond motifs is 7. The Bertz CT molecular complexity index is 1120. The van der Waals surface area contributed by atoms with Crippen LogP contribution >= 0.6 is 0 Å². The Labute approximate surface area is 218 Å². The standard InChI is InChI=1S/C30H38N2O5/c1-16-14-22-21(27(16)17(2)33)11-10-20-19-6-4-8-26(35)31-13-5-7-24-29(36)28(30(37)32(24)3)25(34)12-9-18(19)15-23(20)22/h4,8-12,16,18-24,27,34H,5-7,13-15H2,1-3H3,(H,31,35)/b8-4+,12-9+,28-25-/t16-,18-,19+,20-,21-,22-,23+,24-,27+/m1/s1. The molecule has 5 aliphatic rings. The van der Waals surface area contributed by atoms with Crippen molar-refractivity contribution in [2.75, 3.05) is 13.6 Å². The molecule has 2 N–H and O–H groups in total. The molecule has 2 saturated carbocycles. The van der Waals surface area contributed by atoms with Crippen LogP contribution in [0.2, 0.25) is 0 Å². The van der Waals surface area contributed by atoms with Crippen molar-refractivity contribution in [2.24, 2.45) is 47.3 Å². The van der Waals surface area contributed by atoms with E-state index in [9.17, 15) is 24.3 Å². The number of allylic oxidation sites excluding steroid dienone is 5. The zero-order valence-electron chi connectivity index (χ0n) is 21.9. The van der Waals surface area contributed by atoms with Crippen LogP contribution in [0.15, 0.2) is 47.8 Å². The number of aliphatic hydroxyl groups excluding tert-OH is 1. The van der Waals surface area contributed by atoms with E-state index in [1.807, 2.05) is 12.2 Å². The van der Waals surface area contributed by atoms with Gasteiger partial charge in [-0.2, -0.15) is 0 Å². The SMILES string of the molecule is CC(=O)[C@H]1[C@@H]2C=C[C@@H]3[C@H]4C/C=C/C(=O)NCCC[C@@H]5C(=O)/C(=C(O)\C=C\[C@@H]4C[C@@H]3[C@@H]2C[C@H]1C)C(=O)N5C. The van der Waals surface area contributed by atoms with Crippen LogP contribution < -0.4 is 5.32 Å². The van der Waals surface area contributed by atoms with Crippen molar-refractivity contribution in [2.45, 2.75) is 52.0 Å². The van der Waals surface area contributed by atoms with Gasteiger partial charge in [0.25, 0.3) is 5.91 Å². The summed E-state index contributed by atoms with van der Waals surface area (Å²) in [6, 6.07) is -0.624. The zero-order valence-corrected chi connectivity index (χ0v) is 21.9. The van der Waals surface area contributed by atoms with Gasteiger partial charge in [0.1, 0.15) is 17.1 Å². The van der Waals surface area contributed by atoms with Crippen molar-refractivity contribution in [3.8, 4) is 0 Å². The number of amides is 2. The molecule has 198 valence electrons. The minimum Gasteiger partial charge on any atom is -0.507 e. The fourth-order valence-electron chi connectivity index (χ4n) is 8.10. The van der Waals surface area contributed by atoms with Gasteiger partial charge >= 0.3 is 0 Å². The Hall–Kier alpha value is -2.96. The van der Waals surface area contributed by atoms with Gasteiger partial charge in [-0.25, -0.2) is 0 Å². The van der Waals surface area contributed by atoms with Crippen LogP contribution in [0.25, 0.3) is 0 Å². The van der Waals surface area contributed by atoms with Crippen LogP contribution in [-0.4, -0.2) is 53.0 Å². The van der Waals surface area contributed by atoms with Crippen molar-refractivity contribution in [3.05, 3.63) is 47.8 Å². The molecule has 0 unspecified atom stereocenters. The van der Waals surface area contributed by atoms with Crippen LogP contribution in [0.3, 0.4) is 0 Å². The molecule has 0 aromatic rings. The van der Waals surface area contributed by atoms with E-state index in [1.54, 1.807) is 26.1 Å². The van der Waals surface area contributed by atoms with Gasteiger partial charge in [0, 0.05) is 19.5 Å². The van der Waals surface area contributed by atoms with Crippen molar-refractivity contribution >= 4 is 23.4 Å². The summed E-state index contributed by atoms with van der Waals surface area (Å²) in [7, 11) is 1.59. The summed E-state index contributed by atoms with van der Waals surface area (Å²) in [5, 5.41) is 13.7. The summed E-state index contributed by atoms with van der Waals surface area (Å²) in [5.41, 5.74) is -0.138. The molecule has 1 saturated heterocycles. The first-order valence-electron chi connectivity index (χ1n) is 13.7. The van der Waals surface area contributed by atoms with E-state index in [1.165, 1.54) is 4.90 Å². The minimum absolute atomic E-state index is 0.0754. The molecule has 7 heteroatoms. The molecule has 37 heavy (non-hydrogen) atoms. The normalized spacial score (nSPS) is 43.7. The number of carbonyl (C=O) groups is 4. The third-order valence-electron chi connectivity index (χ3n) is 9.76. The summed E-state index contributed by atoms with van der Waals surface area (Å²) in [6.07, 6.45) is 15.3. The third-order valence-corrected chi connectivity index (χ3v) is 9.76. The lowest BCUT2D eigenvalue weighted by Crippen LogP contribution is -2.33. The molecule has 0 spiro atoms. The number of likely N-dealkylation sites (tertiary alicyclic amines) is 1. The third kappa shape index (κ3) is 4.51. The maximum atomic E-state index is 13.0. The topological polar surface area (TPSA) is 104 Å². The number of aliphatic hydroxyl groups is 1. The number of carbonyl (C=O) groups excluding carboxylic acids is 4. The highest BCUT2D eigenvalue weighted by molar-refractivity contribution is 6.26. The van der Waals surface area contributed by atoms with Crippen LogP contribution in [0, 0.1) is 47.3 Å². The van der Waals surface area contributed by atoms with Crippen molar-refractivity contribution < 1.29 is 24.3 Å². The largest absolute Gasteiger partial charge is 0.507 e. The highest BCUT2D eigenvalue weighted by Gasteiger charge is 2.53. The lowest BCUT2D eigenvalue weighted by Gasteiger charge is -2.35. The zero-order chi connectivity index (χ0) is 26.4. The highest BCUT2D eigenvalue weighted by Crippen LogP contribution is 2.58. The molecule has 2 bridgehead atoms. The average molecular weight is 507 g/mol. The van der Waals surface area contributed by atoms with Gasteiger partial charge in [-0.1, -0.05) is 31.2 Å². The molecule has 2 aliphatic heterocycles. The fourth-order valence-corrected chi connectivity index (χ4v) is 8.10. The Kier molecular flexibility index (Phi) is 6.99. The van der Waals surface area contributed by atoms with E-state index in [2.05, 4.69) is 24.4 Å². The first-order valence-corrected chi connectivity index (χ1v) is 13.7. The summed E-state index contributed by atoms with van der Waals surface area (Å²) in [4.78, 5) is 52.0. The van der Waals surface area contributed by atoms with Gasteiger partial charge in [0.15, 0.2) is 5.78 Å². The maximum absolute atomic E-state index is 13.0. The smallest absolute Gasteiger partial charge is 0.261 e. The van der Waals surface area contributed by atoms with Crippen molar-refractivity contribution in [1.82, 2.24) is 10.2 Å². The number of ketones is 2. The number of nitrogens with zero attached hydrogens (tertiary/aromatic N) is 1. The molecule has 2 heterocycles. The van der Waals surface area contributed by atoms with E-state index >= 15 is 0 Å². The predicted molar refractivity (Wildman–Crippen MR) is 139 cm³/mol. The average Bonchev–Trinajstić information content (AvgIpc) is 3.44. The van der Waals surface area contributed by atoms with Crippen molar-refractivity contribution in [3.63, 3.8) is 0 Å². The lowest BCUT2D eigenvalue weighted by molar-refractivity contribution is -0.125. The molecule has 3 fully saturated rings.